The molecule has 1 saturated carbocycles. The maximum Gasteiger partial charge on any atom is 0.236 e. The number of hydrogen-bond acceptors (Lipinski definition) is 6. The summed E-state index contributed by atoms with van der Waals surface area (Å²) in [7, 11) is 2.10. The van der Waals surface area contributed by atoms with Gasteiger partial charge in [-0.15, -0.1) is 11.3 Å². The molecule has 1 saturated heterocycles. The summed E-state index contributed by atoms with van der Waals surface area (Å²) in [6, 6.07) is 0.470. The van der Waals surface area contributed by atoms with E-state index in [-0.39, 0.29) is 12.0 Å². The number of likely N-dealkylation sites (N-methyl/N-ethyl adjacent to an activating group) is 1. The van der Waals surface area contributed by atoms with E-state index in [1.165, 1.54) is 28.7 Å². The Hall–Kier alpha value is -1.73. The number of amides is 1. The van der Waals surface area contributed by atoms with Gasteiger partial charge in [-0.1, -0.05) is 0 Å². The van der Waals surface area contributed by atoms with Crippen LogP contribution in [-0.2, 0) is 17.6 Å². The third-order valence-corrected chi connectivity index (χ3v) is 8.06. The minimum absolute atomic E-state index is 0.212. The van der Waals surface area contributed by atoms with Crippen molar-refractivity contribution >= 4 is 27.5 Å². The van der Waals surface area contributed by atoms with Gasteiger partial charge in [0.15, 0.2) is 0 Å². The zero-order valence-corrected chi connectivity index (χ0v) is 18.0. The Labute approximate surface area is 176 Å². The van der Waals surface area contributed by atoms with E-state index < -0.39 is 0 Å². The highest BCUT2D eigenvalue weighted by molar-refractivity contribution is 7.18. The first-order chi connectivity index (χ1) is 14.2. The quantitative estimate of drug-likeness (QED) is 0.750. The van der Waals surface area contributed by atoms with Crippen LogP contribution in [0.5, 0.6) is 5.88 Å². The summed E-state index contributed by atoms with van der Waals surface area (Å²) in [5.41, 5.74) is 1.43. The van der Waals surface area contributed by atoms with E-state index in [1.54, 1.807) is 6.33 Å². The molecule has 0 radical (unpaired) electrons. The van der Waals surface area contributed by atoms with Crippen molar-refractivity contribution < 1.29 is 9.53 Å². The molecule has 0 N–H and O–H groups in total. The number of ether oxygens (including phenoxy) is 1. The van der Waals surface area contributed by atoms with Crippen molar-refractivity contribution in [2.75, 3.05) is 26.7 Å². The number of likely N-dealkylation sites (tertiary alicyclic amines) is 1. The predicted molar refractivity (Wildman–Crippen MR) is 115 cm³/mol. The van der Waals surface area contributed by atoms with E-state index in [0.717, 1.165) is 68.7 Å². The van der Waals surface area contributed by atoms with Gasteiger partial charge in [-0.05, 0) is 70.4 Å². The molecule has 0 atom stereocenters. The fraction of sp³-hybridized carbons (Fsp3) is 0.682. The van der Waals surface area contributed by atoms with Crippen molar-refractivity contribution in [2.45, 2.75) is 69.9 Å². The Morgan fingerprint density at radius 1 is 1.17 bits per heavy atom. The third kappa shape index (κ3) is 3.87. The number of nitrogens with zero attached hydrogens (tertiary/aromatic N) is 4. The summed E-state index contributed by atoms with van der Waals surface area (Å²) < 4.78 is 6.40. The van der Waals surface area contributed by atoms with Gasteiger partial charge in [-0.2, -0.15) is 0 Å². The van der Waals surface area contributed by atoms with Crippen molar-refractivity contribution in [1.29, 1.82) is 0 Å². The lowest BCUT2D eigenvalue weighted by atomic mass is 9.92. The van der Waals surface area contributed by atoms with Crippen LogP contribution in [-0.4, -0.2) is 64.5 Å². The summed E-state index contributed by atoms with van der Waals surface area (Å²) in [4.78, 5) is 28.2. The van der Waals surface area contributed by atoms with Crippen LogP contribution in [0.3, 0.4) is 0 Å². The minimum Gasteiger partial charge on any atom is -0.474 e. The number of aryl methyl sites for hydroxylation is 2. The van der Waals surface area contributed by atoms with Gasteiger partial charge in [0, 0.05) is 24.0 Å². The second-order valence-electron chi connectivity index (χ2n) is 8.77. The number of fused-ring (bicyclic) bond motifs is 3. The molecule has 7 heteroatoms. The van der Waals surface area contributed by atoms with Crippen LogP contribution in [0.1, 0.15) is 55.4 Å². The lowest BCUT2D eigenvalue weighted by Crippen LogP contribution is -2.44. The van der Waals surface area contributed by atoms with Gasteiger partial charge in [0.1, 0.15) is 17.3 Å². The van der Waals surface area contributed by atoms with Crippen molar-refractivity contribution in [3.63, 3.8) is 0 Å². The molecular formula is C22H30N4O2S. The summed E-state index contributed by atoms with van der Waals surface area (Å²) in [6.07, 6.45) is 11.9. The maximum absolute atomic E-state index is 12.4. The molecular weight excluding hydrogens is 384 g/mol. The van der Waals surface area contributed by atoms with Gasteiger partial charge in [0.2, 0.25) is 11.8 Å². The van der Waals surface area contributed by atoms with E-state index in [4.69, 9.17) is 4.74 Å². The number of rotatable bonds is 5. The Bertz CT molecular complexity index is 884. The molecule has 1 amide bonds. The number of carbonyl (C=O) groups excluding carboxylic acids is 1. The van der Waals surface area contributed by atoms with E-state index in [1.807, 2.05) is 16.2 Å². The summed E-state index contributed by atoms with van der Waals surface area (Å²) in [5.74, 6) is 1.08. The average molecular weight is 415 g/mol. The highest BCUT2D eigenvalue weighted by Crippen LogP contribution is 2.40. The molecule has 0 unspecified atom stereocenters. The Morgan fingerprint density at radius 3 is 2.76 bits per heavy atom. The van der Waals surface area contributed by atoms with Gasteiger partial charge in [0.25, 0.3) is 0 Å². The molecule has 3 aliphatic rings. The molecule has 1 aliphatic heterocycles. The number of hydrogen-bond donors (Lipinski definition) is 0. The third-order valence-electron chi connectivity index (χ3n) is 6.86. The monoisotopic (exact) mass is 414 g/mol. The zero-order valence-electron chi connectivity index (χ0n) is 17.2. The number of carbonyl (C=O) groups is 1. The standard InChI is InChI=1S/C22H30N4O2S/c1-25(13-19(27)26-11-2-3-12-26)15-7-9-16(10-8-15)28-21-20-17-5-4-6-18(17)29-22(20)24-14-23-21/h14-16H,2-13H2,1H3. The van der Waals surface area contributed by atoms with Crippen LogP contribution in [0.15, 0.2) is 6.33 Å². The number of aromatic nitrogens is 2. The van der Waals surface area contributed by atoms with E-state index in [0.29, 0.717) is 12.6 Å². The highest BCUT2D eigenvalue weighted by Gasteiger charge is 2.29. The fourth-order valence-corrected chi connectivity index (χ4v) is 6.38. The lowest BCUT2D eigenvalue weighted by molar-refractivity contribution is -0.131. The topological polar surface area (TPSA) is 58.6 Å². The molecule has 5 rings (SSSR count). The van der Waals surface area contributed by atoms with Crippen LogP contribution in [0.25, 0.3) is 10.2 Å². The molecule has 0 bridgehead atoms. The Morgan fingerprint density at radius 2 is 1.97 bits per heavy atom. The van der Waals surface area contributed by atoms with Crippen molar-refractivity contribution in [1.82, 2.24) is 19.8 Å². The molecule has 2 aromatic heterocycles. The van der Waals surface area contributed by atoms with Gasteiger partial charge in [-0.3, -0.25) is 9.69 Å². The molecule has 156 valence electrons. The molecule has 2 fully saturated rings. The number of thiophene rings is 1. The fourth-order valence-electron chi connectivity index (χ4n) is 5.16. The second-order valence-corrected chi connectivity index (χ2v) is 9.85. The molecule has 3 heterocycles. The van der Waals surface area contributed by atoms with Crippen LogP contribution in [0.4, 0.5) is 0 Å². The Kier molecular flexibility index (Phi) is 5.43. The summed E-state index contributed by atoms with van der Waals surface area (Å²) in [5, 5.41) is 1.17. The highest BCUT2D eigenvalue weighted by atomic mass is 32.1. The predicted octanol–water partition coefficient (Wildman–Crippen LogP) is 3.42. The molecule has 2 aromatic rings. The van der Waals surface area contributed by atoms with E-state index in [9.17, 15) is 4.79 Å². The lowest BCUT2D eigenvalue weighted by Gasteiger charge is -2.35. The van der Waals surface area contributed by atoms with Crippen molar-refractivity contribution in [3.05, 3.63) is 16.8 Å². The SMILES string of the molecule is CN(CC(=O)N1CCCC1)C1CCC(Oc2ncnc3sc4c(c23)CCC4)CC1. The summed E-state index contributed by atoms with van der Waals surface area (Å²) in [6.45, 7) is 2.42. The first kappa shape index (κ1) is 19.2. The van der Waals surface area contributed by atoms with Crippen LogP contribution >= 0.6 is 11.3 Å². The first-order valence-electron chi connectivity index (χ1n) is 11.1. The van der Waals surface area contributed by atoms with Gasteiger partial charge in [0.05, 0.1) is 11.9 Å². The van der Waals surface area contributed by atoms with Crippen molar-refractivity contribution in [2.24, 2.45) is 0 Å². The molecule has 6 nitrogen and oxygen atoms in total. The summed E-state index contributed by atoms with van der Waals surface area (Å²) >= 11 is 1.81. The van der Waals surface area contributed by atoms with Crippen LogP contribution in [0.2, 0.25) is 0 Å². The Balaban J connectivity index is 1.18. The van der Waals surface area contributed by atoms with Crippen LogP contribution in [0, 0.1) is 0 Å². The molecule has 0 spiro atoms. The van der Waals surface area contributed by atoms with Gasteiger partial charge >= 0.3 is 0 Å². The average Bonchev–Trinajstić information content (AvgIpc) is 3.46. The zero-order chi connectivity index (χ0) is 19.8. The van der Waals surface area contributed by atoms with Gasteiger partial charge < -0.3 is 9.64 Å². The minimum atomic E-state index is 0.212. The molecule has 29 heavy (non-hydrogen) atoms. The normalized spacial score (nSPS) is 24.4. The molecule has 2 aliphatic carbocycles. The maximum atomic E-state index is 12.4. The molecule has 0 aromatic carbocycles. The van der Waals surface area contributed by atoms with E-state index in [2.05, 4.69) is 21.9 Å². The van der Waals surface area contributed by atoms with E-state index >= 15 is 0 Å². The smallest absolute Gasteiger partial charge is 0.236 e. The largest absolute Gasteiger partial charge is 0.474 e. The van der Waals surface area contributed by atoms with Gasteiger partial charge in [-0.25, -0.2) is 9.97 Å². The van der Waals surface area contributed by atoms with Crippen molar-refractivity contribution in [3.8, 4) is 5.88 Å². The second kappa shape index (κ2) is 8.19. The first-order valence-corrected chi connectivity index (χ1v) is 11.9. The van der Waals surface area contributed by atoms with Crippen LogP contribution < -0.4 is 4.74 Å².